The first kappa shape index (κ1) is 32.4. The van der Waals surface area contributed by atoms with Crippen LogP contribution in [0, 0.1) is 0 Å². The topological polar surface area (TPSA) is 176 Å². The van der Waals surface area contributed by atoms with Crippen molar-refractivity contribution in [2.45, 2.75) is 59.1 Å². The molecule has 3 rings (SSSR count). The Kier molecular flexibility index (Phi) is 10.4. The maximum Gasteiger partial charge on any atom is 0.535 e. The van der Waals surface area contributed by atoms with E-state index < -0.39 is 35.9 Å². The van der Waals surface area contributed by atoms with Gasteiger partial charge in [0.05, 0.1) is 23.6 Å². The van der Waals surface area contributed by atoms with Crippen LogP contribution in [0.25, 0.3) is 11.3 Å². The maximum atomic E-state index is 13.5. The van der Waals surface area contributed by atoms with Gasteiger partial charge in [-0.15, -0.1) is 0 Å². The third-order valence-corrected chi connectivity index (χ3v) is 5.65. The van der Waals surface area contributed by atoms with Gasteiger partial charge in [-0.05, 0) is 51.5 Å². The van der Waals surface area contributed by atoms with Gasteiger partial charge in [0, 0.05) is 29.4 Å². The fraction of sp³-hybridized carbons (Fsp3) is 0.321. The number of nitrogens with one attached hydrogen (secondary N) is 2. The van der Waals surface area contributed by atoms with E-state index >= 15 is 0 Å². The third kappa shape index (κ3) is 9.21. The zero-order valence-corrected chi connectivity index (χ0v) is 23.9. The second kappa shape index (κ2) is 13.7. The number of ether oxygens (including phenoxy) is 1. The molecule has 0 spiro atoms. The van der Waals surface area contributed by atoms with E-state index in [0.717, 1.165) is 16.7 Å². The Morgan fingerprint density at radius 2 is 1.77 bits per heavy atom. The summed E-state index contributed by atoms with van der Waals surface area (Å²) in [6, 6.07) is 9.17. The number of nitrogens with two attached hydrogens (primary N) is 2. The summed E-state index contributed by atoms with van der Waals surface area (Å²) >= 11 is 0. The molecule has 0 aliphatic carbocycles. The smallest absolute Gasteiger partial charge is 0.430 e. The molecule has 0 aliphatic rings. The van der Waals surface area contributed by atoms with Crippen LogP contribution in [-0.2, 0) is 33.6 Å². The fourth-order valence-electron chi connectivity index (χ4n) is 3.76. The highest BCUT2D eigenvalue weighted by molar-refractivity contribution is 5.97. The van der Waals surface area contributed by atoms with Gasteiger partial charge in [0.2, 0.25) is 5.91 Å². The molecule has 3 aromatic rings. The number of halogens is 3. The van der Waals surface area contributed by atoms with E-state index in [4.69, 9.17) is 16.2 Å². The van der Waals surface area contributed by atoms with E-state index in [9.17, 15) is 27.6 Å². The normalized spacial score (nSPS) is 11.9. The van der Waals surface area contributed by atoms with Gasteiger partial charge in [-0.1, -0.05) is 29.4 Å². The minimum absolute atomic E-state index is 0.0223. The Bertz CT molecular complexity index is 1550. The molecule has 1 amide bonds. The van der Waals surface area contributed by atoms with Crippen LogP contribution in [0.5, 0.6) is 0 Å². The standard InChI is InChI=1S/C28H32F3N7O5/c1-15(2)36-25-26(40)38(22(13-35-25)19-9-20(28(29,30)31)11-21(32)10-19)14-23(39)34-12-17-5-7-18(8-6-17)24(33)37-43-27(41)42-16(3)4/h5-11,13,15-16H,12,14,32H2,1-4H3,(H2,33,37)(H,34,39)(H,35,36). The summed E-state index contributed by atoms with van der Waals surface area (Å²) < 4.78 is 46.2. The Labute approximate surface area is 244 Å². The van der Waals surface area contributed by atoms with Crippen molar-refractivity contribution < 1.29 is 32.3 Å². The van der Waals surface area contributed by atoms with Crippen LogP contribution >= 0.6 is 0 Å². The van der Waals surface area contributed by atoms with E-state index in [1.807, 2.05) is 0 Å². The van der Waals surface area contributed by atoms with Crippen LogP contribution < -0.4 is 27.7 Å². The Morgan fingerprint density at radius 1 is 1.09 bits per heavy atom. The quantitative estimate of drug-likeness (QED) is 0.0670. The minimum Gasteiger partial charge on any atom is -0.430 e. The van der Waals surface area contributed by atoms with Gasteiger partial charge >= 0.3 is 12.3 Å². The Balaban J connectivity index is 1.79. The van der Waals surface area contributed by atoms with Crippen molar-refractivity contribution in [1.29, 1.82) is 0 Å². The number of nitrogen functional groups attached to an aromatic ring is 1. The van der Waals surface area contributed by atoms with E-state index in [-0.39, 0.29) is 47.3 Å². The average Bonchev–Trinajstić information content (AvgIpc) is 2.91. The molecule has 0 aliphatic heterocycles. The number of carbonyl (C=O) groups is 2. The summed E-state index contributed by atoms with van der Waals surface area (Å²) in [7, 11) is 0. The first-order valence-electron chi connectivity index (χ1n) is 13.1. The molecule has 12 nitrogen and oxygen atoms in total. The predicted molar refractivity (Wildman–Crippen MR) is 154 cm³/mol. The zero-order valence-electron chi connectivity index (χ0n) is 23.9. The van der Waals surface area contributed by atoms with E-state index in [1.54, 1.807) is 52.0 Å². The van der Waals surface area contributed by atoms with Gasteiger partial charge in [-0.25, -0.2) is 9.78 Å². The highest BCUT2D eigenvalue weighted by Gasteiger charge is 2.31. The molecule has 15 heteroatoms. The number of aromatic nitrogens is 2. The monoisotopic (exact) mass is 603 g/mol. The van der Waals surface area contributed by atoms with Gasteiger partial charge in [0.25, 0.3) is 5.56 Å². The lowest BCUT2D eigenvalue weighted by Crippen LogP contribution is -2.35. The molecular formula is C28H32F3N7O5. The lowest BCUT2D eigenvalue weighted by Gasteiger charge is -2.17. The fourth-order valence-corrected chi connectivity index (χ4v) is 3.76. The van der Waals surface area contributed by atoms with Crippen molar-refractivity contribution in [3.05, 3.63) is 75.7 Å². The summed E-state index contributed by atoms with van der Waals surface area (Å²) in [5, 5.41) is 9.07. The van der Waals surface area contributed by atoms with Gasteiger partial charge < -0.3 is 26.8 Å². The molecule has 0 saturated heterocycles. The van der Waals surface area contributed by atoms with E-state index in [1.165, 1.54) is 12.3 Å². The number of nitrogens with zero attached hydrogens (tertiary/aromatic N) is 3. The lowest BCUT2D eigenvalue weighted by molar-refractivity contribution is -0.137. The number of carbonyl (C=O) groups excluding carboxylic acids is 2. The highest BCUT2D eigenvalue weighted by Crippen LogP contribution is 2.34. The molecule has 0 atom stereocenters. The maximum absolute atomic E-state index is 13.5. The number of alkyl halides is 3. The minimum atomic E-state index is -4.68. The highest BCUT2D eigenvalue weighted by atomic mass is 19.4. The van der Waals surface area contributed by atoms with Crippen molar-refractivity contribution >= 4 is 29.4 Å². The van der Waals surface area contributed by atoms with Gasteiger partial charge in [0.15, 0.2) is 11.7 Å². The Hall–Kier alpha value is -5.08. The molecule has 0 saturated carbocycles. The molecule has 6 N–H and O–H groups in total. The van der Waals surface area contributed by atoms with Gasteiger partial charge in [-0.3, -0.25) is 19.0 Å². The van der Waals surface area contributed by atoms with Crippen molar-refractivity contribution in [2.24, 2.45) is 10.9 Å². The number of anilines is 2. The molecule has 0 fully saturated rings. The number of hydrogen-bond acceptors (Lipinski definition) is 9. The van der Waals surface area contributed by atoms with Crippen LogP contribution in [0.15, 0.2) is 58.6 Å². The average molecular weight is 604 g/mol. The summed E-state index contributed by atoms with van der Waals surface area (Å²) in [6.45, 7) is 6.38. The SMILES string of the molecule is CC(C)Nc1ncc(-c2cc(N)cc(C(F)(F)F)c2)n(CC(=O)NCc2ccc(C(N)=NOC(=O)OC(C)C)cc2)c1=O. The molecule has 1 aromatic heterocycles. The van der Waals surface area contributed by atoms with E-state index in [0.29, 0.717) is 11.1 Å². The number of amides is 1. The van der Waals surface area contributed by atoms with E-state index in [2.05, 4.69) is 25.6 Å². The van der Waals surface area contributed by atoms with Gasteiger partial charge in [-0.2, -0.15) is 13.2 Å². The largest absolute Gasteiger partial charge is 0.535 e. The second-order valence-electron chi connectivity index (χ2n) is 9.98. The summed E-state index contributed by atoms with van der Waals surface area (Å²) in [5.74, 6) is -0.739. The second-order valence-corrected chi connectivity index (χ2v) is 9.98. The molecular weight excluding hydrogens is 571 g/mol. The van der Waals surface area contributed by atoms with Crippen molar-refractivity contribution in [3.8, 4) is 11.3 Å². The molecule has 0 unspecified atom stereocenters. The first-order valence-corrected chi connectivity index (χ1v) is 13.1. The van der Waals surface area contributed by atoms with Crippen molar-refractivity contribution in [1.82, 2.24) is 14.9 Å². The Morgan fingerprint density at radius 3 is 2.37 bits per heavy atom. The van der Waals surface area contributed by atoms with Crippen molar-refractivity contribution in [3.63, 3.8) is 0 Å². The van der Waals surface area contributed by atoms with Crippen LogP contribution in [0.3, 0.4) is 0 Å². The summed E-state index contributed by atoms with van der Waals surface area (Å²) in [4.78, 5) is 46.3. The van der Waals surface area contributed by atoms with Crippen LogP contribution in [0.2, 0.25) is 0 Å². The number of benzene rings is 2. The van der Waals surface area contributed by atoms with Crippen molar-refractivity contribution in [2.75, 3.05) is 11.1 Å². The molecule has 230 valence electrons. The predicted octanol–water partition coefficient (Wildman–Crippen LogP) is 3.83. The molecule has 43 heavy (non-hydrogen) atoms. The van der Waals surface area contributed by atoms with Gasteiger partial charge in [0.1, 0.15) is 6.54 Å². The lowest BCUT2D eigenvalue weighted by atomic mass is 10.1. The van der Waals surface area contributed by atoms with Crippen LogP contribution in [-0.4, -0.2) is 39.6 Å². The molecule has 0 radical (unpaired) electrons. The molecule has 2 aromatic carbocycles. The summed E-state index contributed by atoms with van der Waals surface area (Å²) in [5.41, 5.74) is 10.7. The van der Waals surface area contributed by atoms with Crippen LogP contribution in [0.4, 0.5) is 29.5 Å². The zero-order chi connectivity index (χ0) is 31.9. The summed E-state index contributed by atoms with van der Waals surface area (Å²) in [6.07, 6.45) is -4.86. The molecule has 0 bridgehead atoms. The number of oxime groups is 1. The van der Waals surface area contributed by atoms with Crippen LogP contribution in [0.1, 0.15) is 44.4 Å². The molecule has 1 heterocycles. The third-order valence-electron chi connectivity index (χ3n) is 5.65. The number of hydrogen-bond donors (Lipinski definition) is 4. The number of rotatable bonds is 10. The number of amidine groups is 1. The first-order chi connectivity index (χ1) is 20.1.